The minimum Gasteiger partial charge on any atom is -0.426 e. The fourth-order valence-corrected chi connectivity index (χ4v) is 8.73. The van der Waals surface area contributed by atoms with Gasteiger partial charge in [0.15, 0.2) is 9.84 Å². The van der Waals surface area contributed by atoms with Crippen LogP contribution in [-0.2, 0) is 43.3 Å². The fourth-order valence-electron chi connectivity index (χ4n) is 5.31. The number of hydrogen-bond donors (Lipinski definition) is 2. The number of nitrogens with one attached hydrogen (secondary N) is 1. The zero-order chi connectivity index (χ0) is 29.1. The Kier molecular flexibility index (Phi) is 8.21. The lowest BCUT2D eigenvalue weighted by molar-refractivity contribution is -0.175. The monoisotopic (exact) mass is 628 g/mol. The zero-order valence-corrected chi connectivity index (χ0v) is 24.7. The van der Waals surface area contributed by atoms with Crippen molar-refractivity contribution in [3.05, 3.63) is 47.2 Å². The number of thioether (sulfide) groups is 1. The molecule has 4 aliphatic rings. The van der Waals surface area contributed by atoms with Crippen molar-refractivity contribution in [1.29, 1.82) is 0 Å². The van der Waals surface area contributed by atoms with Crippen LogP contribution in [0.1, 0.15) is 38.8 Å². The highest BCUT2D eigenvalue weighted by Crippen LogP contribution is 2.46. The van der Waals surface area contributed by atoms with Crippen LogP contribution in [0.4, 0.5) is 0 Å². The van der Waals surface area contributed by atoms with E-state index < -0.39 is 79.9 Å². The van der Waals surface area contributed by atoms with Crippen LogP contribution in [0.15, 0.2) is 41.6 Å². The normalized spacial score (nSPS) is 27.8. The van der Waals surface area contributed by atoms with Gasteiger partial charge in [0.1, 0.15) is 34.6 Å². The van der Waals surface area contributed by atoms with E-state index in [0.29, 0.717) is 16.9 Å². The first-order valence-electron chi connectivity index (χ1n) is 12.4. The number of amides is 3. The van der Waals surface area contributed by atoms with Gasteiger partial charge in [0, 0.05) is 5.75 Å². The maximum absolute atomic E-state index is 13.0. The first-order chi connectivity index (χ1) is 18.8. The molecule has 0 saturated carbocycles. The van der Waals surface area contributed by atoms with E-state index in [9.17, 15) is 32.4 Å². The molecule has 0 aromatic heterocycles. The number of ether oxygens (including phenoxy) is 2. The van der Waals surface area contributed by atoms with Gasteiger partial charge in [0.25, 0.3) is 5.91 Å². The lowest BCUT2D eigenvalue weighted by Gasteiger charge is -2.49. The maximum atomic E-state index is 13.0. The third kappa shape index (κ3) is 4.77. The number of hydrogen-bond acceptors (Lipinski definition) is 11. The lowest BCUT2D eigenvalue weighted by Crippen LogP contribution is -2.71. The molecule has 0 aliphatic carbocycles. The zero-order valence-electron chi connectivity index (χ0n) is 22.3. The molecule has 5 unspecified atom stereocenters. The molecule has 4 heterocycles. The number of benzene rings is 1. The van der Waals surface area contributed by atoms with Gasteiger partial charge in [-0.2, -0.15) is 0 Å². The number of β-lactam (4-membered cyclic amide) rings is 2. The predicted molar refractivity (Wildman–Crippen MR) is 147 cm³/mol. The second-order valence-electron chi connectivity index (χ2n) is 10.4. The molecule has 0 bridgehead atoms. The van der Waals surface area contributed by atoms with Gasteiger partial charge in [-0.3, -0.25) is 19.3 Å². The number of rotatable bonds is 7. The van der Waals surface area contributed by atoms with E-state index in [1.165, 1.54) is 30.5 Å². The second-order valence-corrected chi connectivity index (χ2v) is 14.2. The standard InChI is InChI=1S/C25H28N4O9S2.ClH/c1-12-10-39-22-17(27-20(31)16(26)13-7-5-4-6-8-13)21(32)29(22)18(12)23(33)37-11-38-24(34)19-25(2,3)40(35,36)15-9-14(30)28(15)19;/h4-8,15-17,19,22H,9-11,26H2,1-3H3,(H,27,31);1H. The van der Waals surface area contributed by atoms with E-state index in [1.807, 2.05) is 0 Å². The number of carbonyl (C=O) groups is 5. The van der Waals surface area contributed by atoms with Gasteiger partial charge in [-0.1, -0.05) is 30.3 Å². The van der Waals surface area contributed by atoms with Crippen LogP contribution < -0.4 is 11.1 Å². The molecule has 3 saturated heterocycles. The summed E-state index contributed by atoms with van der Waals surface area (Å²) in [5.41, 5.74) is 7.15. The summed E-state index contributed by atoms with van der Waals surface area (Å²) in [4.78, 5) is 65.6. The molecule has 4 aliphatic heterocycles. The molecule has 16 heteroatoms. The number of sulfone groups is 1. The van der Waals surface area contributed by atoms with Crippen molar-refractivity contribution in [2.24, 2.45) is 5.73 Å². The Morgan fingerprint density at radius 2 is 1.83 bits per heavy atom. The van der Waals surface area contributed by atoms with Gasteiger partial charge in [-0.15, -0.1) is 24.2 Å². The van der Waals surface area contributed by atoms with E-state index in [0.717, 1.165) is 4.90 Å². The molecule has 41 heavy (non-hydrogen) atoms. The van der Waals surface area contributed by atoms with Crippen molar-refractivity contribution in [2.75, 3.05) is 12.5 Å². The van der Waals surface area contributed by atoms with Crippen LogP contribution >= 0.6 is 24.2 Å². The molecule has 3 N–H and O–H groups in total. The Morgan fingerprint density at radius 1 is 1.17 bits per heavy atom. The summed E-state index contributed by atoms with van der Waals surface area (Å²) in [6.07, 6.45) is -0.194. The third-order valence-electron chi connectivity index (χ3n) is 7.68. The van der Waals surface area contributed by atoms with Crippen LogP contribution in [0.5, 0.6) is 0 Å². The number of halogens is 1. The van der Waals surface area contributed by atoms with Crippen LogP contribution in [0, 0.1) is 0 Å². The summed E-state index contributed by atoms with van der Waals surface area (Å²) in [5.74, 6) is -3.10. The van der Waals surface area contributed by atoms with Gasteiger partial charge in [0.05, 0.1) is 11.2 Å². The van der Waals surface area contributed by atoms with E-state index >= 15 is 0 Å². The SMILES string of the molecule is CC1=C(C(=O)OCOC(=O)C2N3C(=O)CC3S(=O)(=O)C2(C)C)N2C(=O)C(NC(=O)C(N)c3ccccc3)C2SC1.Cl. The summed E-state index contributed by atoms with van der Waals surface area (Å²) in [6.45, 7) is 3.49. The molecule has 5 rings (SSSR count). The number of esters is 2. The summed E-state index contributed by atoms with van der Waals surface area (Å²) in [6, 6.07) is 5.44. The second kappa shape index (κ2) is 10.9. The number of nitrogens with zero attached hydrogens (tertiary/aromatic N) is 2. The largest absolute Gasteiger partial charge is 0.426 e. The van der Waals surface area contributed by atoms with E-state index in [2.05, 4.69) is 5.32 Å². The Hall–Kier alpha value is -3.14. The van der Waals surface area contributed by atoms with Crippen molar-refractivity contribution in [2.45, 2.75) is 60.8 Å². The lowest BCUT2D eigenvalue weighted by atomic mass is 9.98. The molecule has 5 atom stereocenters. The van der Waals surface area contributed by atoms with Crippen molar-refractivity contribution >= 4 is 63.7 Å². The van der Waals surface area contributed by atoms with Crippen LogP contribution in [0.25, 0.3) is 0 Å². The predicted octanol–water partition coefficient (Wildman–Crippen LogP) is -0.0400. The molecule has 0 spiro atoms. The molecule has 0 radical (unpaired) electrons. The summed E-state index contributed by atoms with van der Waals surface area (Å²) in [7, 11) is -3.80. The molecule has 1 aromatic rings. The van der Waals surface area contributed by atoms with Crippen LogP contribution in [-0.4, -0.2) is 88.0 Å². The fraction of sp³-hybridized carbons (Fsp3) is 0.480. The quantitative estimate of drug-likeness (QED) is 0.235. The highest BCUT2D eigenvalue weighted by molar-refractivity contribution is 8.00. The van der Waals surface area contributed by atoms with E-state index in [-0.39, 0.29) is 24.5 Å². The van der Waals surface area contributed by atoms with E-state index in [4.69, 9.17) is 15.2 Å². The van der Waals surface area contributed by atoms with Gasteiger partial charge < -0.3 is 25.4 Å². The summed E-state index contributed by atoms with van der Waals surface area (Å²) < 4.78 is 34.0. The first kappa shape index (κ1) is 30.8. The molecular weight excluding hydrogens is 600 g/mol. The third-order valence-corrected chi connectivity index (χ3v) is 11.9. The number of fused-ring (bicyclic) bond motifs is 2. The minimum atomic E-state index is -3.80. The van der Waals surface area contributed by atoms with Crippen molar-refractivity contribution in [3.63, 3.8) is 0 Å². The van der Waals surface area contributed by atoms with Crippen molar-refractivity contribution in [3.8, 4) is 0 Å². The first-order valence-corrected chi connectivity index (χ1v) is 15.0. The number of nitrogens with two attached hydrogens (primary N) is 1. The molecule has 222 valence electrons. The molecular formula is C25H29ClN4O9S2. The van der Waals surface area contributed by atoms with Crippen molar-refractivity contribution in [1.82, 2.24) is 15.1 Å². The number of carbonyl (C=O) groups excluding carboxylic acids is 5. The Morgan fingerprint density at radius 3 is 2.46 bits per heavy atom. The van der Waals surface area contributed by atoms with Gasteiger partial charge >= 0.3 is 11.9 Å². The highest BCUT2D eigenvalue weighted by Gasteiger charge is 2.68. The summed E-state index contributed by atoms with van der Waals surface area (Å²) in [5, 5.41) is 1.02. The Bertz CT molecular complexity index is 1450. The maximum Gasteiger partial charge on any atom is 0.357 e. The molecule has 3 amide bonds. The van der Waals surface area contributed by atoms with Crippen molar-refractivity contribution < 1.29 is 41.9 Å². The molecule has 13 nitrogen and oxygen atoms in total. The van der Waals surface area contributed by atoms with Gasteiger partial charge in [0.2, 0.25) is 18.6 Å². The van der Waals surface area contributed by atoms with Crippen LogP contribution in [0.3, 0.4) is 0 Å². The minimum absolute atomic E-state index is 0. The topological polar surface area (TPSA) is 182 Å². The molecule has 1 aromatic carbocycles. The van der Waals surface area contributed by atoms with E-state index in [1.54, 1.807) is 37.3 Å². The molecule has 3 fully saturated rings. The smallest absolute Gasteiger partial charge is 0.357 e. The Labute approximate surface area is 246 Å². The Balaban J connectivity index is 0.00000387. The highest BCUT2D eigenvalue weighted by atomic mass is 35.5. The van der Waals surface area contributed by atoms with Gasteiger partial charge in [-0.25, -0.2) is 18.0 Å². The van der Waals surface area contributed by atoms with Crippen LogP contribution in [0.2, 0.25) is 0 Å². The van der Waals surface area contributed by atoms with Gasteiger partial charge in [-0.05, 0) is 31.9 Å². The summed E-state index contributed by atoms with van der Waals surface area (Å²) >= 11 is 1.36. The average Bonchev–Trinajstić information content (AvgIpc) is 3.04. The average molecular weight is 629 g/mol.